The summed E-state index contributed by atoms with van der Waals surface area (Å²) in [6.45, 7) is 3.29. The van der Waals surface area contributed by atoms with Crippen molar-refractivity contribution in [2.24, 2.45) is 23.7 Å². The lowest BCUT2D eigenvalue weighted by Gasteiger charge is -2.60. The average molecular weight is 368 g/mol. The van der Waals surface area contributed by atoms with Gasteiger partial charge in [0.05, 0.1) is 0 Å². The number of hydrogen-bond donors (Lipinski definition) is 0. The number of hydrogen-bond acceptors (Lipinski definition) is 5. The summed E-state index contributed by atoms with van der Waals surface area (Å²) >= 11 is 1.84. The molecule has 5 aliphatic rings. The zero-order valence-corrected chi connectivity index (χ0v) is 15.9. The Hall–Kier alpha value is -0.910. The second-order valence-corrected chi connectivity index (χ2v) is 9.47. The molecular formula is C19H29NO4S. The van der Waals surface area contributed by atoms with Crippen molar-refractivity contribution in [1.82, 2.24) is 4.90 Å². The summed E-state index contributed by atoms with van der Waals surface area (Å²) in [7, 11) is 0. The van der Waals surface area contributed by atoms with E-state index in [1.165, 1.54) is 32.1 Å². The zero-order valence-electron chi connectivity index (χ0n) is 15.1. The van der Waals surface area contributed by atoms with Crippen LogP contribution in [0.3, 0.4) is 0 Å². The third-order valence-electron chi connectivity index (χ3n) is 6.96. The van der Waals surface area contributed by atoms with E-state index in [0.29, 0.717) is 24.9 Å². The molecule has 5 nitrogen and oxygen atoms in total. The molecule has 1 aliphatic heterocycles. The highest BCUT2D eigenvalue weighted by Crippen LogP contribution is 2.60. The molecule has 0 unspecified atom stereocenters. The van der Waals surface area contributed by atoms with Gasteiger partial charge in [0.15, 0.2) is 6.61 Å². The van der Waals surface area contributed by atoms with Gasteiger partial charge in [-0.1, -0.05) is 6.92 Å². The van der Waals surface area contributed by atoms with Crippen LogP contribution in [0.5, 0.6) is 0 Å². The smallest absolute Gasteiger partial charge is 0.410 e. The molecule has 5 fully saturated rings. The molecule has 1 heterocycles. The number of carbonyl (C=O) groups is 2. The van der Waals surface area contributed by atoms with Gasteiger partial charge in [-0.15, -0.1) is 0 Å². The SMILES string of the molecule is CCC1(OC(=O)COC(=O)N2CCSCC2)C2CC3CC(C2)CC1C3. The number of amides is 1. The van der Waals surface area contributed by atoms with E-state index < -0.39 is 0 Å². The Labute approximate surface area is 154 Å². The fourth-order valence-electron chi connectivity index (χ4n) is 6.00. The first-order valence-electron chi connectivity index (χ1n) is 9.82. The monoisotopic (exact) mass is 367 g/mol. The predicted molar refractivity (Wildman–Crippen MR) is 96.4 cm³/mol. The van der Waals surface area contributed by atoms with E-state index in [1.54, 1.807) is 4.90 Å². The Morgan fingerprint density at radius 3 is 2.20 bits per heavy atom. The average Bonchev–Trinajstić information content (AvgIpc) is 2.63. The van der Waals surface area contributed by atoms with Crippen molar-refractivity contribution in [1.29, 1.82) is 0 Å². The molecule has 4 saturated carbocycles. The zero-order chi connectivity index (χ0) is 17.4. The van der Waals surface area contributed by atoms with Crippen molar-refractivity contribution in [3.05, 3.63) is 0 Å². The van der Waals surface area contributed by atoms with Crippen LogP contribution in [0.15, 0.2) is 0 Å². The topological polar surface area (TPSA) is 55.8 Å². The Balaban J connectivity index is 1.34. The molecule has 1 saturated heterocycles. The van der Waals surface area contributed by atoms with Crippen LogP contribution in [0.1, 0.15) is 45.4 Å². The Kier molecular flexibility index (Phi) is 4.91. The van der Waals surface area contributed by atoms with Crippen LogP contribution >= 0.6 is 11.8 Å². The summed E-state index contributed by atoms with van der Waals surface area (Å²) in [5, 5.41) is 0. The minimum absolute atomic E-state index is 0.253. The number of ether oxygens (including phenoxy) is 2. The highest BCUT2D eigenvalue weighted by atomic mass is 32.2. The molecule has 0 aromatic heterocycles. The Morgan fingerprint density at radius 2 is 1.64 bits per heavy atom. The quantitative estimate of drug-likeness (QED) is 0.714. The van der Waals surface area contributed by atoms with Crippen molar-refractivity contribution >= 4 is 23.8 Å². The summed E-state index contributed by atoms with van der Waals surface area (Å²) in [4.78, 5) is 26.2. The van der Waals surface area contributed by atoms with Crippen molar-refractivity contribution in [2.45, 2.75) is 51.0 Å². The first-order chi connectivity index (χ1) is 12.1. The molecule has 0 aromatic rings. The lowest BCUT2D eigenvalue weighted by Crippen LogP contribution is -2.59. The Bertz CT molecular complexity index is 504. The van der Waals surface area contributed by atoms with Crippen molar-refractivity contribution < 1.29 is 19.1 Å². The highest BCUT2D eigenvalue weighted by molar-refractivity contribution is 7.99. The summed E-state index contributed by atoms with van der Waals surface area (Å²) in [6, 6.07) is 0. The first kappa shape index (κ1) is 17.5. The van der Waals surface area contributed by atoms with Gasteiger partial charge >= 0.3 is 12.1 Å². The minimum atomic E-state index is -0.382. The molecular weight excluding hydrogens is 338 g/mol. The molecule has 0 aromatic carbocycles. The molecule has 6 heteroatoms. The standard InChI is InChI=1S/C19H29NO4S/c1-2-19(15-8-13-7-14(10-15)11-16(19)9-13)24-17(21)12-23-18(22)20-3-5-25-6-4-20/h13-16H,2-12H2,1H3. The second-order valence-electron chi connectivity index (χ2n) is 8.24. The first-order valence-corrected chi connectivity index (χ1v) is 11.0. The van der Waals surface area contributed by atoms with Crippen LogP contribution in [-0.4, -0.2) is 53.8 Å². The number of esters is 1. The van der Waals surface area contributed by atoms with Gasteiger partial charge in [0, 0.05) is 24.6 Å². The van der Waals surface area contributed by atoms with Crippen LogP contribution in [0.4, 0.5) is 4.79 Å². The summed E-state index contributed by atoms with van der Waals surface area (Å²) in [6.07, 6.45) is 6.71. The summed E-state index contributed by atoms with van der Waals surface area (Å²) in [5.41, 5.74) is -0.307. The van der Waals surface area contributed by atoms with Crippen LogP contribution < -0.4 is 0 Å². The lowest BCUT2D eigenvalue weighted by molar-refractivity contribution is -0.213. The van der Waals surface area contributed by atoms with Crippen molar-refractivity contribution in [2.75, 3.05) is 31.2 Å². The maximum Gasteiger partial charge on any atom is 0.410 e. The van der Waals surface area contributed by atoms with E-state index in [0.717, 1.165) is 29.8 Å². The van der Waals surface area contributed by atoms with Crippen molar-refractivity contribution in [3.63, 3.8) is 0 Å². The van der Waals surface area contributed by atoms with E-state index in [9.17, 15) is 9.59 Å². The van der Waals surface area contributed by atoms with Crippen molar-refractivity contribution in [3.8, 4) is 0 Å². The molecule has 5 rings (SSSR count). The van der Waals surface area contributed by atoms with Gasteiger partial charge in [-0.25, -0.2) is 9.59 Å². The molecule has 0 radical (unpaired) electrons. The number of thioether (sulfide) groups is 1. The number of carbonyl (C=O) groups excluding carboxylic acids is 2. The second kappa shape index (κ2) is 7.01. The maximum absolute atomic E-state index is 12.5. The van der Waals surface area contributed by atoms with Crippen LogP contribution in [-0.2, 0) is 14.3 Å². The van der Waals surface area contributed by atoms with Gasteiger partial charge in [0.25, 0.3) is 0 Å². The fourth-order valence-corrected chi connectivity index (χ4v) is 6.90. The minimum Gasteiger partial charge on any atom is -0.456 e. The summed E-state index contributed by atoms with van der Waals surface area (Å²) < 4.78 is 11.3. The van der Waals surface area contributed by atoms with Crippen LogP contribution in [0, 0.1) is 23.7 Å². The maximum atomic E-state index is 12.5. The summed E-state index contributed by atoms with van der Waals surface area (Å²) in [5.74, 6) is 4.20. The molecule has 25 heavy (non-hydrogen) atoms. The molecule has 4 aliphatic carbocycles. The van der Waals surface area contributed by atoms with Crippen LogP contribution in [0.25, 0.3) is 0 Å². The van der Waals surface area contributed by atoms with E-state index >= 15 is 0 Å². The third-order valence-corrected chi connectivity index (χ3v) is 7.90. The van der Waals surface area contributed by atoms with E-state index in [-0.39, 0.29) is 24.3 Å². The molecule has 0 atom stereocenters. The normalized spacial score (nSPS) is 39.3. The van der Waals surface area contributed by atoms with E-state index in [1.807, 2.05) is 11.8 Å². The van der Waals surface area contributed by atoms with Crippen LogP contribution in [0.2, 0.25) is 0 Å². The van der Waals surface area contributed by atoms with Gasteiger partial charge in [-0.05, 0) is 62.2 Å². The van der Waals surface area contributed by atoms with Gasteiger partial charge in [0.1, 0.15) is 5.60 Å². The molecule has 140 valence electrons. The Morgan fingerprint density at radius 1 is 1.04 bits per heavy atom. The molecule has 0 spiro atoms. The number of nitrogens with zero attached hydrogens (tertiary/aromatic N) is 1. The molecule has 0 N–H and O–H groups in total. The fraction of sp³-hybridized carbons (Fsp3) is 0.895. The van der Waals surface area contributed by atoms with Gasteiger partial charge < -0.3 is 14.4 Å². The largest absolute Gasteiger partial charge is 0.456 e. The predicted octanol–water partition coefficient (Wildman–Crippen LogP) is 3.32. The van der Waals surface area contributed by atoms with Gasteiger partial charge in [0.2, 0.25) is 0 Å². The van der Waals surface area contributed by atoms with Gasteiger partial charge in [-0.3, -0.25) is 0 Å². The van der Waals surface area contributed by atoms with E-state index in [4.69, 9.17) is 9.47 Å². The molecule has 1 amide bonds. The third kappa shape index (κ3) is 3.26. The lowest BCUT2D eigenvalue weighted by atomic mass is 9.49. The van der Waals surface area contributed by atoms with Gasteiger partial charge in [-0.2, -0.15) is 11.8 Å². The number of rotatable bonds is 4. The van der Waals surface area contributed by atoms with E-state index in [2.05, 4.69) is 6.92 Å². The molecule has 4 bridgehead atoms. The highest BCUT2D eigenvalue weighted by Gasteiger charge is 2.58.